The predicted octanol–water partition coefficient (Wildman–Crippen LogP) is 3.89. The molecule has 126 valence electrons. The largest absolute Gasteiger partial charge is 0.481 e. The lowest BCUT2D eigenvalue weighted by molar-refractivity contribution is -0.136. The van der Waals surface area contributed by atoms with Crippen molar-refractivity contribution in [3.63, 3.8) is 0 Å². The summed E-state index contributed by atoms with van der Waals surface area (Å²) >= 11 is 0. The van der Waals surface area contributed by atoms with E-state index in [4.69, 9.17) is 5.11 Å². The SMILES string of the molecule is CC(=O)c1ccc(N=Nc2c(CC(=O)O)nc3c(C)cccn23)cc1. The highest BCUT2D eigenvalue weighted by molar-refractivity contribution is 5.94. The van der Waals surface area contributed by atoms with Crippen LogP contribution in [0, 0.1) is 6.92 Å². The van der Waals surface area contributed by atoms with Gasteiger partial charge in [-0.1, -0.05) is 6.07 Å². The molecule has 0 radical (unpaired) electrons. The maximum absolute atomic E-state index is 11.3. The molecule has 1 N–H and O–H groups in total. The van der Waals surface area contributed by atoms with Crippen LogP contribution in [0.2, 0.25) is 0 Å². The van der Waals surface area contributed by atoms with Gasteiger partial charge in [0, 0.05) is 11.8 Å². The molecule has 3 aromatic rings. The van der Waals surface area contributed by atoms with Crippen molar-refractivity contribution in [1.29, 1.82) is 0 Å². The highest BCUT2D eigenvalue weighted by Gasteiger charge is 2.16. The van der Waals surface area contributed by atoms with E-state index in [1.54, 1.807) is 34.9 Å². The molecule has 0 aliphatic carbocycles. The highest BCUT2D eigenvalue weighted by Crippen LogP contribution is 2.26. The molecule has 0 saturated heterocycles. The number of hydrogen-bond acceptors (Lipinski definition) is 5. The van der Waals surface area contributed by atoms with Crippen LogP contribution >= 0.6 is 0 Å². The standard InChI is InChI=1S/C18H16N4O3/c1-11-4-3-9-22-17(11)19-15(10-16(24)25)18(22)21-20-14-7-5-13(6-8-14)12(2)23/h3-9H,10H2,1-2H3,(H,24,25). The number of aromatic nitrogens is 2. The first-order valence-corrected chi connectivity index (χ1v) is 7.67. The molecule has 0 bridgehead atoms. The molecule has 3 rings (SSSR count). The average molecular weight is 336 g/mol. The van der Waals surface area contributed by atoms with Crippen LogP contribution in [0.3, 0.4) is 0 Å². The Morgan fingerprint density at radius 2 is 1.88 bits per heavy atom. The first kappa shape index (κ1) is 16.5. The van der Waals surface area contributed by atoms with Crippen molar-refractivity contribution < 1.29 is 14.7 Å². The van der Waals surface area contributed by atoms with Crippen molar-refractivity contribution in [1.82, 2.24) is 9.38 Å². The smallest absolute Gasteiger partial charge is 0.309 e. The number of pyridine rings is 1. The van der Waals surface area contributed by atoms with E-state index in [1.165, 1.54) is 6.92 Å². The van der Waals surface area contributed by atoms with E-state index in [0.29, 0.717) is 28.4 Å². The summed E-state index contributed by atoms with van der Waals surface area (Å²) in [7, 11) is 0. The van der Waals surface area contributed by atoms with Crippen LogP contribution in [-0.4, -0.2) is 26.2 Å². The first-order valence-electron chi connectivity index (χ1n) is 7.67. The van der Waals surface area contributed by atoms with Crippen molar-refractivity contribution in [2.75, 3.05) is 0 Å². The molecule has 0 aliphatic rings. The van der Waals surface area contributed by atoms with Gasteiger partial charge in [-0.3, -0.25) is 14.0 Å². The zero-order valence-corrected chi connectivity index (χ0v) is 13.8. The summed E-state index contributed by atoms with van der Waals surface area (Å²) in [5.74, 6) is -0.621. The van der Waals surface area contributed by atoms with Gasteiger partial charge in [0.15, 0.2) is 11.6 Å². The summed E-state index contributed by atoms with van der Waals surface area (Å²) in [4.78, 5) is 26.8. The monoisotopic (exact) mass is 336 g/mol. The summed E-state index contributed by atoms with van der Waals surface area (Å²) in [6.45, 7) is 3.39. The molecule has 25 heavy (non-hydrogen) atoms. The molecule has 7 nitrogen and oxygen atoms in total. The van der Waals surface area contributed by atoms with E-state index < -0.39 is 5.97 Å². The lowest BCUT2D eigenvalue weighted by Crippen LogP contribution is -2.00. The van der Waals surface area contributed by atoms with Gasteiger partial charge in [-0.2, -0.15) is 0 Å². The Balaban J connectivity index is 2.03. The van der Waals surface area contributed by atoms with Crippen LogP contribution < -0.4 is 0 Å². The number of hydrogen-bond donors (Lipinski definition) is 1. The fraction of sp³-hybridized carbons (Fsp3) is 0.167. The summed E-state index contributed by atoms with van der Waals surface area (Å²) in [5, 5.41) is 17.5. The number of Topliss-reactive ketones (excluding diaryl/α,β-unsaturated/α-hetero) is 1. The second-order valence-corrected chi connectivity index (χ2v) is 5.64. The minimum Gasteiger partial charge on any atom is -0.481 e. The van der Waals surface area contributed by atoms with Crippen LogP contribution in [-0.2, 0) is 11.2 Å². The fourth-order valence-corrected chi connectivity index (χ4v) is 2.47. The van der Waals surface area contributed by atoms with Crippen LogP contribution in [0.1, 0.15) is 28.5 Å². The number of imidazole rings is 1. The van der Waals surface area contributed by atoms with E-state index in [9.17, 15) is 9.59 Å². The maximum Gasteiger partial charge on any atom is 0.309 e. The molecule has 0 amide bonds. The van der Waals surface area contributed by atoms with Crippen molar-refractivity contribution in [2.24, 2.45) is 10.2 Å². The Kier molecular flexibility index (Phi) is 4.38. The molecular weight excluding hydrogens is 320 g/mol. The normalized spacial score (nSPS) is 11.3. The molecule has 2 aromatic heterocycles. The van der Waals surface area contributed by atoms with Gasteiger partial charge >= 0.3 is 5.97 Å². The Labute approximate surface area is 143 Å². The molecule has 0 aliphatic heterocycles. The number of carbonyl (C=O) groups is 2. The van der Waals surface area contributed by atoms with Gasteiger partial charge in [-0.05, 0) is 49.7 Å². The number of benzene rings is 1. The second-order valence-electron chi connectivity index (χ2n) is 5.64. The van der Waals surface area contributed by atoms with Gasteiger partial charge in [0.25, 0.3) is 0 Å². The summed E-state index contributed by atoms with van der Waals surface area (Å²) < 4.78 is 1.72. The van der Waals surface area contributed by atoms with E-state index >= 15 is 0 Å². The topological polar surface area (TPSA) is 96.4 Å². The van der Waals surface area contributed by atoms with Gasteiger partial charge in [-0.15, -0.1) is 10.2 Å². The number of azo groups is 1. The molecule has 0 fully saturated rings. The van der Waals surface area contributed by atoms with Crippen LogP contribution in [0.25, 0.3) is 5.65 Å². The van der Waals surface area contributed by atoms with Crippen molar-refractivity contribution in [3.8, 4) is 0 Å². The summed E-state index contributed by atoms with van der Waals surface area (Å²) in [6, 6.07) is 10.5. The molecule has 0 saturated carbocycles. The van der Waals surface area contributed by atoms with Crippen LogP contribution in [0.15, 0.2) is 52.8 Å². The van der Waals surface area contributed by atoms with Crippen molar-refractivity contribution in [2.45, 2.75) is 20.3 Å². The third-order valence-corrected chi connectivity index (χ3v) is 3.74. The maximum atomic E-state index is 11.3. The molecule has 0 unspecified atom stereocenters. The van der Waals surface area contributed by atoms with Crippen molar-refractivity contribution in [3.05, 3.63) is 59.4 Å². The predicted molar refractivity (Wildman–Crippen MR) is 91.9 cm³/mol. The average Bonchev–Trinajstić information content (AvgIpc) is 2.91. The Morgan fingerprint density at radius 1 is 1.16 bits per heavy atom. The summed E-state index contributed by atoms with van der Waals surface area (Å²) in [6.07, 6.45) is 1.53. The molecule has 7 heteroatoms. The van der Waals surface area contributed by atoms with Gasteiger partial charge < -0.3 is 5.11 Å². The van der Waals surface area contributed by atoms with Gasteiger partial charge in [0.2, 0.25) is 0 Å². The number of fused-ring (bicyclic) bond motifs is 1. The minimum absolute atomic E-state index is 0.0236. The van der Waals surface area contributed by atoms with E-state index in [1.807, 2.05) is 19.1 Å². The van der Waals surface area contributed by atoms with Gasteiger partial charge in [0.05, 0.1) is 17.8 Å². The molecule has 0 atom stereocenters. The fourth-order valence-electron chi connectivity index (χ4n) is 2.47. The van der Waals surface area contributed by atoms with Crippen LogP contribution in [0.4, 0.5) is 11.5 Å². The zero-order valence-electron chi connectivity index (χ0n) is 13.8. The minimum atomic E-state index is -0.983. The van der Waals surface area contributed by atoms with Gasteiger partial charge in [0.1, 0.15) is 5.65 Å². The Bertz CT molecular complexity index is 987. The number of ketones is 1. The quantitative estimate of drug-likeness (QED) is 0.564. The lowest BCUT2D eigenvalue weighted by Gasteiger charge is -1.99. The number of rotatable bonds is 5. The molecule has 0 spiro atoms. The Morgan fingerprint density at radius 3 is 2.52 bits per heavy atom. The van der Waals surface area contributed by atoms with Crippen LogP contribution in [0.5, 0.6) is 0 Å². The summed E-state index contributed by atoms with van der Waals surface area (Å²) in [5.41, 5.74) is 3.08. The lowest BCUT2D eigenvalue weighted by atomic mass is 10.1. The molecule has 2 heterocycles. The van der Waals surface area contributed by atoms with E-state index in [-0.39, 0.29) is 12.2 Å². The third-order valence-electron chi connectivity index (χ3n) is 3.74. The number of aliphatic carboxylic acids is 1. The second kappa shape index (κ2) is 6.64. The Hall–Kier alpha value is -3.35. The number of carboxylic acid groups (broad SMARTS) is 1. The highest BCUT2D eigenvalue weighted by atomic mass is 16.4. The zero-order chi connectivity index (χ0) is 18.0. The number of aryl methyl sites for hydroxylation is 1. The third kappa shape index (κ3) is 3.45. The van der Waals surface area contributed by atoms with Gasteiger partial charge in [-0.25, -0.2) is 4.98 Å². The molecular formula is C18H16N4O3. The first-order chi connectivity index (χ1) is 12.0. The number of carboxylic acids is 1. The number of nitrogens with zero attached hydrogens (tertiary/aromatic N) is 4. The van der Waals surface area contributed by atoms with Crippen molar-refractivity contribution >= 4 is 28.9 Å². The number of carbonyl (C=O) groups excluding carboxylic acids is 1. The van der Waals surface area contributed by atoms with E-state index in [0.717, 1.165) is 5.56 Å². The van der Waals surface area contributed by atoms with E-state index in [2.05, 4.69) is 15.2 Å². The molecule has 1 aromatic carbocycles.